The fourth-order valence-corrected chi connectivity index (χ4v) is 3.73. The number of anilines is 1. The van der Waals surface area contributed by atoms with Crippen LogP contribution in [0.1, 0.15) is 34.0 Å². The number of nitrogens with two attached hydrogens (primary N) is 2. The van der Waals surface area contributed by atoms with Gasteiger partial charge in [0.1, 0.15) is 22.6 Å². The summed E-state index contributed by atoms with van der Waals surface area (Å²) in [6.07, 6.45) is -0.115. The lowest BCUT2D eigenvalue weighted by molar-refractivity contribution is 0.213. The molecule has 7 nitrogen and oxygen atoms in total. The molecular formula is C22H18Cl2FN5O2. The van der Waals surface area contributed by atoms with E-state index in [0.717, 1.165) is 6.20 Å². The van der Waals surface area contributed by atoms with E-state index in [4.69, 9.17) is 49.6 Å². The minimum Gasteiger partial charge on any atom is -0.495 e. The number of ether oxygens (including phenoxy) is 2. The van der Waals surface area contributed by atoms with Crippen molar-refractivity contribution in [2.75, 3.05) is 12.8 Å². The normalized spacial score (nSPS) is 11.5. The molecule has 0 unspecified atom stereocenters. The zero-order chi connectivity index (χ0) is 23.6. The molecule has 3 rings (SSSR count). The van der Waals surface area contributed by atoms with Gasteiger partial charge < -0.3 is 15.2 Å². The number of rotatable bonds is 6. The Hall–Kier alpha value is -3.38. The summed E-state index contributed by atoms with van der Waals surface area (Å²) in [4.78, 5) is 3.43. The molecular weight excluding hydrogens is 456 g/mol. The van der Waals surface area contributed by atoms with Crippen molar-refractivity contribution < 1.29 is 13.9 Å². The summed E-state index contributed by atoms with van der Waals surface area (Å²) < 4.78 is 24.7. The van der Waals surface area contributed by atoms with Crippen LogP contribution in [0.25, 0.3) is 0 Å². The number of nitrogens with one attached hydrogen (secondary N) is 1. The second-order valence-electron chi connectivity index (χ2n) is 6.77. The number of aryl methyl sites for hydroxylation is 1. The predicted octanol–water partition coefficient (Wildman–Crippen LogP) is 4.75. The molecule has 0 bridgehead atoms. The van der Waals surface area contributed by atoms with Crippen molar-refractivity contribution >= 4 is 34.6 Å². The first-order valence-corrected chi connectivity index (χ1v) is 9.92. The molecule has 0 radical (unpaired) electrons. The Morgan fingerprint density at radius 2 is 2.00 bits per heavy atom. The van der Waals surface area contributed by atoms with Gasteiger partial charge in [-0.15, -0.1) is 0 Å². The zero-order valence-corrected chi connectivity index (χ0v) is 18.6. The Labute approximate surface area is 193 Å². The van der Waals surface area contributed by atoms with Gasteiger partial charge in [0, 0.05) is 23.0 Å². The smallest absolute Gasteiger partial charge is 0.232 e. The van der Waals surface area contributed by atoms with E-state index in [0.29, 0.717) is 33.7 Å². The number of nitrogen functional groups attached to an aromatic ring is 1. The van der Waals surface area contributed by atoms with Gasteiger partial charge in [-0.05, 0) is 42.8 Å². The summed E-state index contributed by atoms with van der Waals surface area (Å²) in [7, 11) is 1.48. The van der Waals surface area contributed by atoms with Crippen LogP contribution in [0.3, 0.4) is 0 Å². The molecule has 5 N–H and O–H groups in total. The van der Waals surface area contributed by atoms with Crippen LogP contribution in [-0.2, 0) is 0 Å². The van der Waals surface area contributed by atoms with Crippen LogP contribution in [0.2, 0.25) is 10.0 Å². The number of pyridine rings is 1. The minimum absolute atomic E-state index is 0.0405. The molecule has 0 fully saturated rings. The Morgan fingerprint density at radius 1 is 1.28 bits per heavy atom. The monoisotopic (exact) mass is 473 g/mol. The average molecular weight is 474 g/mol. The molecule has 2 aromatic carbocycles. The highest BCUT2D eigenvalue weighted by molar-refractivity contribution is 6.35. The van der Waals surface area contributed by atoms with Gasteiger partial charge in [-0.2, -0.15) is 9.65 Å². The summed E-state index contributed by atoms with van der Waals surface area (Å²) >= 11 is 12.0. The van der Waals surface area contributed by atoms with E-state index >= 15 is 0 Å². The van der Waals surface area contributed by atoms with Gasteiger partial charge in [0.15, 0.2) is 6.23 Å². The fourth-order valence-electron chi connectivity index (χ4n) is 3.17. The van der Waals surface area contributed by atoms with Crippen LogP contribution >= 0.6 is 23.2 Å². The van der Waals surface area contributed by atoms with Crippen molar-refractivity contribution in [3.05, 3.63) is 80.3 Å². The van der Waals surface area contributed by atoms with Gasteiger partial charge in [-0.3, -0.25) is 11.1 Å². The molecule has 1 aromatic heterocycles. The number of hydrogen-bond acceptors (Lipinski definition) is 7. The van der Waals surface area contributed by atoms with E-state index in [9.17, 15) is 9.65 Å². The standard InChI is InChI=1S/C22H18Cl2FN5O2/c1-10-5-11(6-12(8-26)20(10)31-2)19(28)14-7-13(3-4-16(14)27)32-22(29)17-15(23)9-30-21(25)18(17)24/h3-7,9,22,28H,27,29H2,1-2H3/t22-/m0/s1. The Kier molecular flexibility index (Phi) is 6.84. The first-order valence-electron chi connectivity index (χ1n) is 9.17. The highest BCUT2D eigenvalue weighted by Gasteiger charge is 2.21. The molecule has 1 atom stereocenters. The van der Waals surface area contributed by atoms with E-state index in [1.807, 2.05) is 0 Å². The van der Waals surface area contributed by atoms with Crippen LogP contribution in [0.15, 0.2) is 36.5 Å². The maximum absolute atomic E-state index is 13.7. The maximum Gasteiger partial charge on any atom is 0.232 e. The Bertz CT molecular complexity index is 1260. The quantitative estimate of drug-likeness (QED) is 0.205. The van der Waals surface area contributed by atoms with Gasteiger partial charge in [0.25, 0.3) is 0 Å². The minimum atomic E-state index is -1.20. The zero-order valence-electron chi connectivity index (χ0n) is 17.0. The number of aromatic nitrogens is 1. The molecule has 0 spiro atoms. The predicted molar refractivity (Wildman–Crippen MR) is 121 cm³/mol. The van der Waals surface area contributed by atoms with Crippen molar-refractivity contribution in [3.8, 4) is 17.6 Å². The Balaban J connectivity index is 1.97. The van der Waals surface area contributed by atoms with Crippen molar-refractivity contribution in [3.63, 3.8) is 0 Å². The van der Waals surface area contributed by atoms with E-state index < -0.39 is 12.2 Å². The molecule has 1 heterocycles. The van der Waals surface area contributed by atoms with Gasteiger partial charge in [0.05, 0.1) is 29.0 Å². The molecule has 0 amide bonds. The van der Waals surface area contributed by atoms with Gasteiger partial charge in [-0.25, -0.2) is 4.98 Å². The third-order valence-electron chi connectivity index (χ3n) is 4.70. The van der Waals surface area contributed by atoms with Gasteiger partial charge in [0.2, 0.25) is 5.95 Å². The van der Waals surface area contributed by atoms with E-state index in [1.54, 1.807) is 31.2 Å². The lowest BCUT2D eigenvalue weighted by Crippen LogP contribution is -2.19. The van der Waals surface area contributed by atoms with Gasteiger partial charge >= 0.3 is 0 Å². The summed E-state index contributed by atoms with van der Waals surface area (Å²) in [6.45, 7) is 1.78. The van der Waals surface area contributed by atoms with Crippen molar-refractivity contribution in [2.45, 2.75) is 13.2 Å². The summed E-state index contributed by atoms with van der Waals surface area (Å²) in [5, 5.41) is 17.7. The van der Waals surface area contributed by atoms with E-state index in [1.165, 1.54) is 13.2 Å². The van der Waals surface area contributed by atoms with E-state index in [2.05, 4.69) is 11.1 Å². The molecule has 10 heteroatoms. The fraction of sp³-hybridized carbons (Fsp3) is 0.136. The highest BCUT2D eigenvalue weighted by atomic mass is 35.5. The summed E-state index contributed by atoms with van der Waals surface area (Å²) in [6, 6.07) is 9.94. The number of nitriles is 1. The first kappa shape index (κ1) is 23.3. The van der Waals surface area contributed by atoms with Crippen LogP contribution in [0, 0.1) is 29.6 Å². The van der Waals surface area contributed by atoms with E-state index in [-0.39, 0.29) is 27.1 Å². The first-order chi connectivity index (χ1) is 15.2. The third-order valence-corrected chi connectivity index (χ3v) is 5.36. The summed E-state index contributed by atoms with van der Waals surface area (Å²) in [5.41, 5.74) is 14.4. The Morgan fingerprint density at radius 3 is 2.66 bits per heavy atom. The molecule has 0 aliphatic heterocycles. The average Bonchev–Trinajstić information content (AvgIpc) is 2.76. The largest absolute Gasteiger partial charge is 0.495 e. The van der Waals surface area contributed by atoms with Crippen LogP contribution < -0.4 is 20.9 Å². The maximum atomic E-state index is 13.7. The number of hydrogen-bond donors (Lipinski definition) is 3. The number of halogens is 3. The van der Waals surface area contributed by atoms with Crippen molar-refractivity contribution in [1.82, 2.24) is 4.98 Å². The second kappa shape index (κ2) is 9.40. The molecule has 32 heavy (non-hydrogen) atoms. The number of methoxy groups -OCH3 is 1. The number of nitrogens with zero attached hydrogens (tertiary/aromatic N) is 2. The van der Waals surface area contributed by atoms with Crippen molar-refractivity contribution in [1.29, 1.82) is 10.7 Å². The third kappa shape index (κ3) is 4.46. The lowest BCUT2D eigenvalue weighted by Gasteiger charge is -2.19. The van der Waals surface area contributed by atoms with Crippen LogP contribution in [-0.4, -0.2) is 17.8 Å². The number of benzene rings is 2. The molecule has 164 valence electrons. The highest BCUT2D eigenvalue weighted by Crippen LogP contribution is 2.33. The molecule has 3 aromatic rings. The van der Waals surface area contributed by atoms with Crippen molar-refractivity contribution in [2.24, 2.45) is 5.73 Å². The second-order valence-corrected chi connectivity index (χ2v) is 7.56. The lowest BCUT2D eigenvalue weighted by atomic mass is 9.96. The molecule has 0 aliphatic carbocycles. The molecule has 0 saturated carbocycles. The van der Waals surface area contributed by atoms with Crippen LogP contribution in [0.4, 0.5) is 10.1 Å². The SMILES string of the molecule is COc1c(C)cc(C(=N)c2cc(O[C@H](N)c3c(Cl)cnc(F)c3Cl)ccc2N)cc1C#N. The molecule has 0 saturated heterocycles. The van der Waals surface area contributed by atoms with Gasteiger partial charge in [-0.1, -0.05) is 23.2 Å². The molecule has 0 aliphatic rings. The summed E-state index contributed by atoms with van der Waals surface area (Å²) in [5.74, 6) is -0.229. The van der Waals surface area contributed by atoms with Crippen LogP contribution in [0.5, 0.6) is 11.5 Å². The topological polar surface area (TPSA) is 131 Å².